The first-order valence-corrected chi connectivity index (χ1v) is 6.78. The maximum atomic E-state index is 13.4. The minimum Gasteiger partial charge on any atom is -0.324 e. The van der Waals surface area contributed by atoms with Crippen LogP contribution in [0.3, 0.4) is 0 Å². The van der Waals surface area contributed by atoms with Gasteiger partial charge in [-0.15, -0.1) is 0 Å². The first-order chi connectivity index (χ1) is 8.95. The lowest BCUT2D eigenvalue weighted by Gasteiger charge is -2.13. The third-order valence-corrected chi connectivity index (χ3v) is 3.51. The fraction of sp³-hybridized carbons (Fsp3) is 0.143. The van der Waals surface area contributed by atoms with Crippen molar-refractivity contribution in [2.45, 2.75) is 12.5 Å². The first-order valence-electron chi connectivity index (χ1n) is 5.61. The molecule has 0 bridgehead atoms. The Hall–Kier alpha value is -0.970. The number of hydrogen-bond donors (Lipinski definition) is 1. The smallest absolute Gasteiger partial charge is 0.142 e. The zero-order chi connectivity index (χ0) is 14.0. The molecule has 0 aliphatic rings. The molecule has 0 aromatic heterocycles. The third-order valence-electron chi connectivity index (χ3n) is 2.75. The highest BCUT2D eigenvalue weighted by Crippen LogP contribution is 2.23. The molecule has 1 atom stereocenters. The Morgan fingerprint density at radius 2 is 1.89 bits per heavy atom. The second-order valence-corrected chi connectivity index (χ2v) is 5.58. The first kappa shape index (κ1) is 14.4. The minimum absolute atomic E-state index is 0.0597. The SMILES string of the molecule is NC(Cc1cc(F)cc(Br)c1)c1ccc(Cl)c(F)c1. The van der Waals surface area contributed by atoms with E-state index in [0.717, 1.165) is 5.56 Å². The van der Waals surface area contributed by atoms with Crippen molar-refractivity contribution in [3.63, 3.8) is 0 Å². The molecule has 0 aliphatic carbocycles. The summed E-state index contributed by atoms with van der Waals surface area (Å²) in [6.45, 7) is 0. The molecule has 0 fully saturated rings. The molecule has 19 heavy (non-hydrogen) atoms. The average molecular weight is 347 g/mol. The van der Waals surface area contributed by atoms with Crippen molar-refractivity contribution in [3.05, 3.63) is 68.7 Å². The van der Waals surface area contributed by atoms with Gasteiger partial charge in [-0.1, -0.05) is 33.6 Å². The maximum absolute atomic E-state index is 13.4. The van der Waals surface area contributed by atoms with E-state index >= 15 is 0 Å². The summed E-state index contributed by atoms with van der Waals surface area (Å²) in [5, 5.41) is 0.0597. The topological polar surface area (TPSA) is 26.0 Å². The van der Waals surface area contributed by atoms with Crippen LogP contribution in [0.2, 0.25) is 5.02 Å². The van der Waals surface area contributed by atoms with Crippen LogP contribution in [0.25, 0.3) is 0 Å². The van der Waals surface area contributed by atoms with Gasteiger partial charge in [-0.25, -0.2) is 8.78 Å². The molecule has 1 unspecified atom stereocenters. The van der Waals surface area contributed by atoms with Gasteiger partial charge in [0.25, 0.3) is 0 Å². The molecule has 5 heteroatoms. The molecule has 0 saturated heterocycles. The van der Waals surface area contributed by atoms with E-state index in [1.165, 1.54) is 24.3 Å². The average Bonchev–Trinajstić information content (AvgIpc) is 2.31. The molecule has 2 N–H and O–H groups in total. The number of halogens is 4. The van der Waals surface area contributed by atoms with Crippen molar-refractivity contribution in [2.75, 3.05) is 0 Å². The molecular formula is C14H11BrClF2N. The summed E-state index contributed by atoms with van der Waals surface area (Å²) in [4.78, 5) is 0. The largest absolute Gasteiger partial charge is 0.324 e. The van der Waals surface area contributed by atoms with Crippen LogP contribution in [0, 0.1) is 11.6 Å². The molecule has 2 aromatic rings. The van der Waals surface area contributed by atoms with Crippen molar-refractivity contribution in [2.24, 2.45) is 5.73 Å². The van der Waals surface area contributed by atoms with Crippen molar-refractivity contribution >= 4 is 27.5 Å². The van der Waals surface area contributed by atoms with Crippen LogP contribution in [-0.2, 0) is 6.42 Å². The lowest BCUT2D eigenvalue weighted by atomic mass is 9.99. The monoisotopic (exact) mass is 345 g/mol. The van der Waals surface area contributed by atoms with E-state index in [2.05, 4.69) is 15.9 Å². The van der Waals surface area contributed by atoms with E-state index in [9.17, 15) is 8.78 Å². The fourth-order valence-electron chi connectivity index (χ4n) is 1.84. The number of hydrogen-bond acceptors (Lipinski definition) is 1. The molecule has 0 radical (unpaired) electrons. The van der Waals surface area contributed by atoms with E-state index in [1.807, 2.05) is 0 Å². The Kier molecular flexibility index (Phi) is 4.55. The van der Waals surface area contributed by atoms with Crippen LogP contribution < -0.4 is 5.73 Å². The summed E-state index contributed by atoms with van der Waals surface area (Å²) in [6, 6.07) is 8.60. The second kappa shape index (κ2) is 5.99. The molecule has 0 aliphatic heterocycles. The van der Waals surface area contributed by atoms with Crippen LogP contribution in [0.1, 0.15) is 17.2 Å². The summed E-state index contributed by atoms with van der Waals surface area (Å²) in [6.07, 6.45) is 0.414. The van der Waals surface area contributed by atoms with Crippen LogP contribution in [0.4, 0.5) is 8.78 Å². The molecule has 0 saturated carbocycles. The van der Waals surface area contributed by atoms with Crippen LogP contribution >= 0.6 is 27.5 Å². The molecular weight excluding hydrogens is 336 g/mol. The zero-order valence-corrected chi connectivity index (χ0v) is 12.2. The molecule has 1 nitrogen and oxygen atoms in total. The quantitative estimate of drug-likeness (QED) is 0.862. The third kappa shape index (κ3) is 3.75. The van der Waals surface area contributed by atoms with Crippen LogP contribution in [0.15, 0.2) is 40.9 Å². The van der Waals surface area contributed by atoms with Gasteiger partial charge in [0, 0.05) is 10.5 Å². The van der Waals surface area contributed by atoms with Gasteiger partial charge in [0.1, 0.15) is 11.6 Å². The lowest BCUT2D eigenvalue weighted by molar-refractivity contribution is 0.613. The van der Waals surface area contributed by atoms with Gasteiger partial charge >= 0.3 is 0 Å². The van der Waals surface area contributed by atoms with Crippen LogP contribution in [-0.4, -0.2) is 0 Å². The Bertz CT molecular complexity index is 584. The molecule has 2 rings (SSSR count). The van der Waals surface area contributed by atoms with Gasteiger partial charge < -0.3 is 5.73 Å². The Labute approximate surface area is 123 Å². The van der Waals surface area contributed by atoms with Crippen molar-refractivity contribution < 1.29 is 8.78 Å². The van der Waals surface area contributed by atoms with Gasteiger partial charge in [0.2, 0.25) is 0 Å². The minimum atomic E-state index is -0.505. The molecule has 0 amide bonds. The number of rotatable bonds is 3. The molecule has 0 spiro atoms. The van der Waals surface area contributed by atoms with Gasteiger partial charge in [-0.2, -0.15) is 0 Å². The summed E-state index contributed by atoms with van der Waals surface area (Å²) in [7, 11) is 0. The summed E-state index contributed by atoms with van der Waals surface area (Å²) >= 11 is 8.84. The summed E-state index contributed by atoms with van der Waals surface area (Å²) in [5.41, 5.74) is 7.37. The highest BCUT2D eigenvalue weighted by molar-refractivity contribution is 9.10. The fourth-order valence-corrected chi connectivity index (χ4v) is 2.47. The van der Waals surface area contributed by atoms with Gasteiger partial charge in [0.05, 0.1) is 5.02 Å². The Morgan fingerprint density at radius 3 is 2.53 bits per heavy atom. The van der Waals surface area contributed by atoms with Crippen LogP contribution in [0.5, 0.6) is 0 Å². The standard InChI is InChI=1S/C14H11BrClF2N/c15-10-3-8(4-11(17)7-10)5-14(19)9-1-2-12(16)13(18)6-9/h1-4,6-7,14H,5,19H2. The van der Waals surface area contributed by atoms with Gasteiger partial charge in [-0.05, 0) is 47.9 Å². The highest BCUT2D eigenvalue weighted by atomic mass is 79.9. The van der Waals surface area contributed by atoms with E-state index in [4.69, 9.17) is 17.3 Å². The van der Waals surface area contributed by atoms with E-state index < -0.39 is 11.9 Å². The summed E-state index contributed by atoms with van der Waals surface area (Å²) in [5.74, 6) is -0.839. The zero-order valence-electron chi connectivity index (χ0n) is 9.84. The maximum Gasteiger partial charge on any atom is 0.142 e. The van der Waals surface area contributed by atoms with Crippen molar-refractivity contribution in [3.8, 4) is 0 Å². The number of nitrogens with two attached hydrogens (primary N) is 1. The van der Waals surface area contributed by atoms with Gasteiger partial charge in [0.15, 0.2) is 0 Å². The normalized spacial score (nSPS) is 12.5. The molecule has 100 valence electrons. The molecule has 2 aromatic carbocycles. The number of benzene rings is 2. The lowest BCUT2D eigenvalue weighted by Crippen LogP contribution is -2.13. The Balaban J connectivity index is 2.20. The molecule has 0 heterocycles. The van der Waals surface area contributed by atoms with Crippen molar-refractivity contribution in [1.82, 2.24) is 0 Å². The van der Waals surface area contributed by atoms with Crippen molar-refractivity contribution in [1.29, 1.82) is 0 Å². The summed E-state index contributed by atoms with van der Waals surface area (Å²) < 4.78 is 27.3. The predicted molar refractivity (Wildman–Crippen MR) is 76.1 cm³/mol. The Morgan fingerprint density at radius 1 is 1.16 bits per heavy atom. The second-order valence-electron chi connectivity index (χ2n) is 4.26. The van der Waals surface area contributed by atoms with Gasteiger partial charge in [-0.3, -0.25) is 0 Å². The van der Waals surface area contributed by atoms with E-state index in [0.29, 0.717) is 16.5 Å². The predicted octanol–water partition coefficient (Wildman–Crippen LogP) is 4.62. The highest BCUT2D eigenvalue weighted by Gasteiger charge is 2.11. The van der Waals surface area contributed by atoms with E-state index in [1.54, 1.807) is 12.1 Å². The van der Waals surface area contributed by atoms with E-state index in [-0.39, 0.29) is 10.8 Å².